The minimum Gasteiger partial charge on any atom is -0.444 e. The third kappa shape index (κ3) is 5.25. The van der Waals surface area contributed by atoms with Gasteiger partial charge < -0.3 is 15.0 Å². The Morgan fingerprint density at radius 3 is 2.25 bits per heavy atom. The average molecular weight is 332 g/mol. The van der Waals surface area contributed by atoms with E-state index in [1.165, 1.54) is 5.56 Å². The first-order valence-corrected chi connectivity index (χ1v) is 8.66. The van der Waals surface area contributed by atoms with Gasteiger partial charge >= 0.3 is 6.09 Å². The van der Waals surface area contributed by atoms with E-state index in [9.17, 15) is 9.59 Å². The van der Waals surface area contributed by atoms with Crippen LogP contribution in [-0.4, -0.2) is 35.6 Å². The van der Waals surface area contributed by atoms with Crippen molar-refractivity contribution in [2.45, 2.75) is 52.6 Å². The molecule has 24 heavy (non-hydrogen) atoms. The zero-order valence-corrected chi connectivity index (χ0v) is 15.1. The largest absolute Gasteiger partial charge is 0.444 e. The Labute approximate surface area is 144 Å². The van der Waals surface area contributed by atoms with Crippen LogP contribution in [0.4, 0.5) is 10.5 Å². The second-order valence-electron chi connectivity index (χ2n) is 7.28. The molecule has 1 saturated heterocycles. The van der Waals surface area contributed by atoms with Crippen LogP contribution in [0, 0.1) is 5.92 Å². The van der Waals surface area contributed by atoms with Crippen LogP contribution in [0.25, 0.3) is 0 Å². The highest BCUT2D eigenvalue weighted by Crippen LogP contribution is 2.21. The summed E-state index contributed by atoms with van der Waals surface area (Å²) in [5, 5.41) is 2.97. The van der Waals surface area contributed by atoms with E-state index in [0.717, 1.165) is 12.1 Å². The summed E-state index contributed by atoms with van der Waals surface area (Å²) in [7, 11) is 0. The van der Waals surface area contributed by atoms with Crippen molar-refractivity contribution in [3.63, 3.8) is 0 Å². The molecule has 0 bridgehead atoms. The van der Waals surface area contributed by atoms with E-state index in [2.05, 4.69) is 12.2 Å². The summed E-state index contributed by atoms with van der Waals surface area (Å²) in [5.41, 5.74) is 1.58. The molecule has 1 aromatic rings. The molecular weight excluding hydrogens is 304 g/mol. The van der Waals surface area contributed by atoms with Crippen LogP contribution in [0.15, 0.2) is 24.3 Å². The van der Waals surface area contributed by atoms with Gasteiger partial charge in [0.05, 0.1) is 0 Å². The maximum absolute atomic E-state index is 12.4. The Kier molecular flexibility index (Phi) is 5.86. The van der Waals surface area contributed by atoms with Crippen LogP contribution in [0.2, 0.25) is 0 Å². The van der Waals surface area contributed by atoms with Crippen LogP contribution in [0.5, 0.6) is 0 Å². The molecule has 132 valence electrons. The number of hydrogen-bond acceptors (Lipinski definition) is 3. The van der Waals surface area contributed by atoms with E-state index in [-0.39, 0.29) is 17.9 Å². The molecule has 1 aliphatic heterocycles. The fraction of sp³-hybridized carbons (Fsp3) is 0.579. The van der Waals surface area contributed by atoms with Crippen LogP contribution < -0.4 is 5.32 Å². The van der Waals surface area contributed by atoms with Gasteiger partial charge in [-0.3, -0.25) is 4.79 Å². The molecule has 0 unspecified atom stereocenters. The minimum atomic E-state index is -0.490. The Morgan fingerprint density at radius 2 is 1.75 bits per heavy atom. The Morgan fingerprint density at radius 1 is 1.17 bits per heavy atom. The Bertz CT molecular complexity index is 567. The molecule has 0 atom stereocenters. The summed E-state index contributed by atoms with van der Waals surface area (Å²) < 4.78 is 5.38. The summed E-state index contributed by atoms with van der Waals surface area (Å²) in [5.74, 6) is -0.0300. The van der Waals surface area contributed by atoms with E-state index in [4.69, 9.17) is 4.74 Å². The number of likely N-dealkylation sites (tertiary alicyclic amines) is 1. The number of aryl methyl sites for hydroxylation is 1. The van der Waals surface area contributed by atoms with Gasteiger partial charge in [0.1, 0.15) is 5.60 Å². The maximum Gasteiger partial charge on any atom is 0.410 e. The quantitative estimate of drug-likeness (QED) is 0.915. The normalized spacial score (nSPS) is 15.9. The number of benzene rings is 1. The smallest absolute Gasteiger partial charge is 0.410 e. The van der Waals surface area contributed by atoms with E-state index < -0.39 is 5.60 Å². The number of rotatable bonds is 3. The van der Waals surface area contributed by atoms with Gasteiger partial charge in [0.2, 0.25) is 5.91 Å². The summed E-state index contributed by atoms with van der Waals surface area (Å²) in [6.45, 7) is 8.79. The highest BCUT2D eigenvalue weighted by atomic mass is 16.6. The van der Waals surface area contributed by atoms with E-state index in [1.54, 1.807) is 4.90 Å². The molecule has 5 heteroatoms. The number of anilines is 1. The number of carbonyl (C=O) groups excluding carboxylic acids is 2. The highest BCUT2D eigenvalue weighted by molar-refractivity contribution is 5.92. The monoisotopic (exact) mass is 332 g/mol. The van der Waals surface area contributed by atoms with Crippen molar-refractivity contribution < 1.29 is 14.3 Å². The second kappa shape index (κ2) is 7.69. The molecule has 2 amide bonds. The number of piperidine rings is 1. The molecule has 0 aromatic heterocycles. The number of nitrogens with zero attached hydrogens (tertiary/aromatic N) is 1. The van der Waals surface area contributed by atoms with Gasteiger partial charge in [-0.1, -0.05) is 19.1 Å². The van der Waals surface area contributed by atoms with Crippen molar-refractivity contribution in [2.75, 3.05) is 18.4 Å². The van der Waals surface area contributed by atoms with Crippen molar-refractivity contribution in [1.82, 2.24) is 4.90 Å². The lowest BCUT2D eigenvalue weighted by Crippen LogP contribution is -2.43. The summed E-state index contributed by atoms with van der Waals surface area (Å²) >= 11 is 0. The lowest BCUT2D eigenvalue weighted by atomic mass is 9.96. The molecule has 0 aliphatic carbocycles. The molecule has 1 N–H and O–H groups in total. The van der Waals surface area contributed by atoms with Crippen LogP contribution >= 0.6 is 0 Å². The number of amides is 2. The van der Waals surface area contributed by atoms with Gasteiger partial charge in [-0.15, -0.1) is 0 Å². The van der Waals surface area contributed by atoms with E-state index >= 15 is 0 Å². The predicted molar refractivity (Wildman–Crippen MR) is 95.0 cm³/mol. The Balaban J connectivity index is 1.82. The third-order valence-corrected chi connectivity index (χ3v) is 4.15. The first-order valence-electron chi connectivity index (χ1n) is 8.66. The molecule has 5 nitrogen and oxygen atoms in total. The van der Waals surface area contributed by atoms with Crippen molar-refractivity contribution in [1.29, 1.82) is 0 Å². The summed E-state index contributed by atoms with van der Waals surface area (Å²) in [4.78, 5) is 26.1. The number of carbonyl (C=O) groups is 2. The zero-order chi connectivity index (χ0) is 17.7. The number of nitrogens with one attached hydrogen (secondary N) is 1. The highest BCUT2D eigenvalue weighted by Gasteiger charge is 2.29. The molecular formula is C19H28N2O3. The van der Waals surface area contributed by atoms with Crippen molar-refractivity contribution in [3.05, 3.63) is 29.8 Å². The van der Waals surface area contributed by atoms with Crippen molar-refractivity contribution in [2.24, 2.45) is 5.92 Å². The summed E-state index contributed by atoms with van der Waals surface area (Å²) in [6, 6.07) is 7.93. The van der Waals surface area contributed by atoms with Gasteiger partial charge in [-0.25, -0.2) is 4.79 Å². The number of hydrogen-bond donors (Lipinski definition) is 1. The fourth-order valence-electron chi connectivity index (χ4n) is 2.72. The van der Waals surface area contributed by atoms with Crippen molar-refractivity contribution >= 4 is 17.7 Å². The molecule has 0 saturated carbocycles. The topological polar surface area (TPSA) is 58.6 Å². The molecule has 0 spiro atoms. The van der Waals surface area contributed by atoms with Gasteiger partial charge in [0.25, 0.3) is 0 Å². The predicted octanol–water partition coefficient (Wildman–Crippen LogP) is 3.83. The van der Waals surface area contributed by atoms with E-state index in [0.29, 0.717) is 25.9 Å². The van der Waals surface area contributed by atoms with Crippen LogP contribution in [0.1, 0.15) is 46.1 Å². The molecule has 1 heterocycles. The zero-order valence-electron chi connectivity index (χ0n) is 15.1. The maximum atomic E-state index is 12.4. The Hall–Kier alpha value is -2.04. The lowest BCUT2D eigenvalue weighted by Gasteiger charge is -2.32. The SMILES string of the molecule is CCc1ccc(NC(=O)C2CCN(C(=O)OC(C)(C)C)CC2)cc1. The first kappa shape index (κ1) is 18.3. The molecule has 1 aromatic carbocycles. The lowest BCUT2D eigenvalue weighted by molar-refractivity contribution is -0.121. The van der Waals surface area contributed by atoms with E-state index in [1.807, 2.05) is 45.0 Å². The average Bonchev–Trinajstić information content (AvgIpc) is 2.54. The fourth-order valence-corrected chi connectivity index (χ4v) is 2.72. The molecule has 1 fully saturated rings. The molecule has 2 rings (SSSR count). The van der Waals surface area contributed by atoms with Gasteiger partial charge in [0.15, 0.2) is 0 Å². The third-order valence-electron chi connectivity index (χ3n) is 4.15. The van der Waals surface area contributed by atoms with Gasteiger partial charge in [0, 0.05) is 24.7 Å². The van der Waals surface area contributed by atoms with Crippen LogP contribution in [0.3, 0.4) is 0 Å². The van der Waals surface area contributed by atoms with Gasteiger partial charge in [-0.2, -0.15) is 0 Å². The second-order valence-corrected chi connectivity index (χ2v) is 7.28. The summed E-state index contributed by atoms with van der Waals surface area (Å²) in [6.07, 6.45) is 2.02. The standard InChI is InChI=1S/C19H28N2O3/c1-5-14-6-8-16(9-7-14)20-17(22)15-10-12-21(13-11-15)18(23)24-19(2,3)4/h6-9,15H,5,10-13H2,1-4H3,(H,20,22). The number of ether oxygens (including phenoxy) is 1. The van der Waals surface area contributed by atoms with Gasteiger partial charge in [-0.05, 0) is 57.7 Å². The molecule has 1 aliphatic rings. The van der Waals surface area contributed by atoms with Crippen molar-refractivity contribution in [3.8, 4) is 0 Å². The first-order chi connectivity index (χ1) is 11.3. The minimum absolute atomic E-state index is 0.0306. The molecule has 0 radical (unpaired) electrons. The van der Waals surface area contributed by atoms with Crippen LogP contribution in [-0.2, 0) is 16.0 Å².